The van der Waals surface area contributed by atoms with Gasteiger partial charge in [-0.25, -0.2) is 0 Å². The van der Waals surface area contributed by atoms with Crippen LogP contribution in [0.25, 0.3) is 11.1 Å². The van der Waals surface area contributed by atoms with Crippen molar-refractivity contribution in [3.05, 3.63) is 65.7 Å². The van der Waals surface area contributed by atoms with Crippen molar-refractivity contribution in [1.29, 1.82) is 0 Å². The molecule has 5 nitrogen and oxygen atoms in total. The molecule has 144 valence electrons. The number of aromatic nitrogens is 3. The highest BCUT2D eigenvalue weighted by Gasteiger charge is 2.33. The molecule has 0 N–H and O–H groups in total. The molecule has 2 aromatic heterocycles. The molecule has 0 saturated heterocycles. The number of hydrogen-bond acceptors (Lipinski definition) is 3. The maximum absolute atomic E-state index is 13.4. The van der Waals surface area contributed by atoms with Crippen molar-refractivity contribution in [3.8, 4) is 11.1 Å². The van der Waals surface area contributed by atoms with Crippen LogP contribution in [-0.4, -0.2) is 27.2 Å². The van der Waals surface area contributed by atoms with Crippen LogP contribution < -0.4 is 4.90 Å². The van der Waals surface area contributed by atoms with Crippen LogP contribution in [0.5, 0.6) is 0 Å². The standard InChI is InChI=1S/C23H26N4O/c1-15-12-17(10-11-24-15)20-13-25-27-16(2)14-26(22(28)21(20)27)19-8-6-18(7-9-19)23(3,4)5/h6-13,16H,14H2,1-5H3/t16-/m0/s1. The molecule has 1 amide bonds. The summed E-state index contributed by atoms with van der Waals surface area (Å²) < 4.78 is 1.85. The van der Waals surface area contributed by atoms with E-state index >= 15 is 0 Å². The van der Waals surface area contributed by atoms with Gasteiger partial charge in [0.15, 0.2) is 0 Å². The molecule has 1 atom stereocenters. The monoisotopic (exact) mass is 374 g/mol. The van der Waals surface area contributed by atoms with Crippen molar-refractivity contribution in [2.45, 2.75) is 46.1 Å². The number of aryl methyl sites for hydroxylation is 1. The van der Waals surface area contributed by atoms with E-state index in [4.69, 9.17) is 0 Å². The Kier molecular flexibility index (Phi) is 4.33. The number of amides is 1. The molecule has 0 radical (unpaired) electrons. The van der Waals surface area contributed by atoms with Crippen molar-refractivity contribution in [2.24, 2.45) is 0 Å². The predicted octanol–water partition coefficient (Wildman–Crippen LogP) is 4.77. The Balaban J connectivity index is 1.75. The SMILES string of the molecule is Cc1cc(-c2cnn3c2C(=O)N(c2ccc(C(C)(C)C)cc2)C[C@@H]3C)ccn1. The van der Waals surface area contributed by atoms with Gasteiger partial charge in [0.05, 0.1) is 12.2 Å². The Morgan fingerprint density at radius 2 is 1.82 bits per heavy atom. The number of carbonyl (C=O) groups is 1. The fourth-order valence-corrected chi connectivity index (χ4v) is 3.75. The molecule has 0 aliphatic carbocycles. The largest absolute Gasteiger partial charge is 0.305 e. The number of fused-ring (bicyclic) bond motifs is 1. The third-order valence-electron chi connectivity index (χ3n) is 5.36. The van der Waals surface area contributed by atoms with Gasteiger partial charge in [0.2, 0.25) is 0 Å². The van der Waals surface area contributed by atoms with Crippen LogP contribution in [0.1, 0.15) is 55.5 Å². The lowest BCUT2D eigenvalue weighted by Crippen LogP contribution is -2.42. The molecule has 0 unspecified atom stereocenters. The Bertz CT molecular complexity index is 1030. The molecular formula is C23H26N4O. The maximum atomic E-state index is 13.4. The van der Waals surface area contributed by atoms with E-state index in [1.165, 1.54) is 5.56 Å². The Labute approximate surface area is 166 Å². The number of nitrogens with zero attached hydrogens (tertiary/aromatic N) is 4. The minimum atomic E-state index is -0.0106. The van der Waals surface area contributed by atoms with Gasteiger partial charge in [0.25, 0.3) is 5.91 Å². The van der Waals surface area contributed by atoms with E-state index in [2.05, 4.69) is 49.9 Å². The molecule has 1 aromatic carbocycles. The molecule has 1 aliphatic rings. The van der Waals surface area contributed by atoms with E-state index in [9.17, 15) is 4.79 Å². The van der Waals surface area contributed by atoms with Gasteiger partial charge in [-0.15, -0.1) is 0 Å². The second kappa shape index (κ2) is 6.59. The first-order valence-corrected chi connectivity index (χ1v) is 9.68. The predicted molar refractivity (Wildman–Crippen MR) is 112 cm³/mol. The smallest absolute Gasteiger partial charge is 0.277 e. The molecule has 28 heavy (non-hydrogen) atoms. The van der Waals surface area contributed by atoms with Crippen molar-refractivity contribution in [3.63, 3.8) is 0 Å². The molecule has 5 heteroatoms. The van der Waals surface area contributed by atoms with Gasteiger partial charge in [-0.1, -0.05) is 32.9 Å². The van der Waals surface area contributed by atoms with Crippen LogP contribution in [0.3, 0.4) is 0 Å². The fourth-order valence-electron chi connectivity index (χ4n) is 3.75. The molecule has 4 rings (SSSR count). The minimum absolute atomic E-state index is 0.0106. The van der Waals surface area contributed by atoms with Crippen LogP contribution in [0.2, 0.25) is 0 Å². The number of pyridine rings is 1. The highest BCUT2D eigenvalue weighted by Crippen LogP contribution is 2.33. The van der Waals surface area contributed by atoms with Gasteiger partial charge in [-0.3, -0.25) is 14.5 Å². The van der Waals surface area contributed by atoms with E-state index in [0.717, 1.165) is 22.5 Å². The Hall–Kier alpha value is -2.95. The Morgan fingerprint density at radius 1 is 1.11 bits per heavy atom. The van der Waals surface area contributed by atoms with Crippen molar-refractivity contribution >= 4 is 11.6 Å². The summed E-state index contributed by atoms with van der Waals surface area (Å²) in [6, 6.07) is 12.4. The molecule has 0 spiro atoms. The molecule has 0 saturated carbocycles. The maximum Gasteiger partial charge on any atom is 0.277 e. The summed E-state index contributed by atoms with van der Waals surface area (Å²) in [5.74, 6) is -0.0106. The summed E-state index contributed by atoms with van der Waals surface area (Å²) >= 11 is 0. The van der Waals surface area contributed by atoms with E-state index in [1.54, 1.807) is 12.4 Å². The lowest BCUT2D eigenvalue weighted by atomic mass is 9.87. The highest BCUT2D eigenvalue weighted by atomic mass is 16.2. The third-order valence-corrected chi connectivity index (χ3v) is 5.36. The number of anilines is 1. The first kappa shape index (κ1) is 18.4. The molecule has 0 bridgehead atoms. The van der Waals surface area contributed by atoms with Gasteiger partial charge in [0, 0.05) is 29.7 Å². The van der Waals surface area contributed by atoms with Gasteiger partial charge in [0.1, 0.15) is 5.69 Å². The number of benzene rings is 1. The van der Waals surface area contributed by atoms with Gasteiger partial charge in [-0.2, -0.15) is 5.10 Å². The van der Waals surface area contributed by atoms with Crippen LogP contribution in [0.15, 0.2) is 48.8 Å². The average molecular weight is 374 g/mol. The zero-order valence-corrected chi connectivity index (χ0v) is 17.1. The zero-order valence-electron chi connectivity index (χ0n) is 17.1. The number of hydrogen-bond donors (Lipinski definition) is 0. The van der Waals surface area contributed by atoms with Gasteiger partial charge in [-0.05, 0) is 54.7 Å². The van der Waals surface area contributed by atoms with Crippen LogP contribution in [0, 0.1) is 6.92 Å². The molecule has 3 aromatic rings. The normalized spacial score (nSPS) is 17.0. The lowest BCUT2D eigenvalue weighted by molar-refractivity contribution is 0.0954. The summed E-state index contributed by atoms with van der Waals surface area (Å²) in [6.45, 7) is 11.2. The first-order valence-electron chi connectivity index (χ1n) is 9.68. The summed E-state index contributed by atoms with van der Waals surface area (Å²) in [5.41, 5.74) is 5.66. The molecule has 1 aliphatic heterocycles. The zero-order chi connectivity index (χ0) is 20.1. The molecular weight excluding hydrogens is 348 g/mol. The van der Waals surface area contributed by atoms with E-state index < -0.39 is 0 Å². The third kappa shape index (κ3) is 3.11. The number of rotatable bonds is 2. The van der Waals surface area contributed by atoms with E-state index in [0.29, 0.717) is 12.2 Å². The summed E-state index contributed by atoms with van der Waals surface area (Å²) in [5, 5.41) is 4.52. The van der Waals surface area contributed by atoms with Crippen molar-refractivity contribution in [2.75, 3.05) is 11.4 Å². The lowest BCUT2D eigenvalue weighted by Gasteiger charge is -2.33. The number of carbonyl (C=O) groups excluding carboxylic acids is 1. The molecule has 0 fully saturated rings. The Morgan fingerprint density at radius 3 is 2.46 bits per heavy atom. The average Bonchev–Trinajstić information content (AvgIpc) is 3.10. The van der Waals surface area contributed by atoms with Crippen LogP contribution in [-0.2, 0) is 5.41 Å². The summed E-state index contributed by atoms with van der Waals surface area (Å²) in [6.07, 6.45) is 3.57. The second-order valence-electron chi connectivity index (χ2n) is 8.60. The van der Waals surface area contributed by atoms with Crippen molar-refractivity contribution < 1.29 is 4.79 Å². The first-order chi connectivity index (χ1) is 13.3. The topological polar surface area (TPSA) is 51.0 Å². The minimum Gasteiger partial charge on any atom is -0.305 e. The van der Waals surface area contributed by atoms with Gasteiger partial charge < -0.3 is 4.90 Å². The highest BCUT2D eigenvalue weighted by molar-refractivity contribution is 6.09. The molecule has 3 heterocycles. The quantitative estimate of drug-likeness (QED) is 0.649. The second-order valence-corrected chi connectivity index (χ2v) is 8.60. The fraction of sp³-hybridized carbons (Fsp3) is 0.348. The van der Waals surface area contributed by atoms with E-state index in [-0.39, 0.29) is 17.4 Å². The van der Waals surface area contributed by atoms with Crippen LogP contribution in [0.4, 0.5) is 5.69 Å². The van der Waals surface area contributed by atoms with E-state index in [1.807, 2.05) is 40.8 Å². The summed E-state index contributed by atoms with van der Waals surface area (Å²) in [7, 11) is 0. The van der Waals surface area contributed by atoms with Crippen molar-refractivity contribution in [1.82, 2.24) is 14.8 Å². The summed E-state index contributed by atoms with van der Waals surface area (Å²) in [4.78, 5) is 19.6. The van der Waals surface area contributed by atoms with Crippen LogP contribution >= 0.6 is 0 Å². The van der Waals surface area contributed by atoms with Gasteiger partial charge >= 0.3 is 0 Å².